The fraction of sp³-hybridized carbons (Fsp3) is 0.467. The molecule has 2 atom stereocenters. The Bertz CT molecular complexity index is 651. The minimum absolute atomic E-state index is 0.226. The number of carbonyl (C=O) groups excluding carboxylic acids is 1. The normalized spacial score (nSPS) is 20.6. The van der Waals surface area contributed by atoms with Gasteiger partial charge in [-0.3, -0.25) is 4.79 Å². The predicted octanol–water partition coefficient (Wildman–Crippen LogP) is 1.87. The Balaban J connectivity index is 2.07. The number of rotatable bonds is 6. The number of aryl methyl sites for hydroxylation is 1. The van der Waals surface area contributed by atoms with E-state index in [1.165, 1.54) is 13.5 Å². The van der Waals surface area contributed by atoms with Crippen LogP contribution in [0.25, 0.3) is 0 Å². The van der Waals surface area contributed by atoms with Gasteiger partial charge in [0.25, 0.3) is 0 Å². The molecule has 0 aromatic heterocycles. The minimum atomic E-state index is -3.60. The summed E-state index contributed by atoms with van der Waals surface area (Å²) < 4.78 is 35.1. The average Bonchev–Trinajstić information content (AvgIpc) is 2.96. The van der Waals surface area contributed by atoms with Gasteiger partial charge in [-0.2, -0.15) is 0 Å². The number of hydrogen-bond donors (Lipinski definition) is 0. The Hall–Kier alpha value is -1.89. The lowest BCUT2D eigenvalue weighted by Crippen LogP contribution is -2.30. The number of aliphatic imine (C=N–C) groups is 1. The van der Waals surface area contributed by atoms with Crippen molar-refractivity contribution >= 4 is 22.2 Å². The molecule has 7 heteroatoms. The van der Waals surface area contributed by atoms with E-state index in [0.717, 1.165) is 5.56 Å². The van der Waals surface area contributed by atoms with Gasteiger partial charge in [-0.05, 0) is 31.9 Å². The molecule has 2 unspecified atom stereocenters. The molecule has 0 radical (unpaired) electrons. The summed E-state index contributed by atoms with van der Waals surface area (Å²) in [6.45, 7) is 1.89. The summed E-state index contributed by atoms with van der Waals surface area (Å²) in [5.74, 6) is -0.322. The van der Waals surface area contributed by atoms with Gasteiger partial charge in [0.05, 0.1) is 12.0 Å². The zero-order chi connectivity index (χ0) is 16.2. The molecule has 1 heterocycles. The third-order valence-electron chi connectivity index (χ3n) is 3.53. The molecule has 0 fully saturated rings. The lowest BCUT2D eigenvalue weighted by Gasteiger charge is -2.17. The molecule has 6 nitrogen and oxygen atoms in total. The highest BCUT2D eigenvalue weighted by Crippen LogP contribution is 2.26. The maximum absolute atomic E-state index is 12.6. The fourth-order valence-corrected chi connectivity index (χ4v) is 3.85. The highest BCUT2D eigenvalue weighted by Gasteiger charge is 2.38. The standard InChI is InChI=1S/C15H19NO5S/c1-11-6-8-12(9-7-11)22(18,19)15-13(21-10-16-15)4-3-5-14(17)20-2/h6-10,13,15H,3-5H2,1-2H3. The number of sulfone groups is 1. The van der Waals surface area contributed by atoms with Crippen LogP contribution in [0.5, 0.6) is 0 Å². The van der Waals surface area contributed by atoms with Crippen molar-refractivity contribution in [3.05, 3.63) is 29.8 Å². The molecule has 1 aromatic carbocycles. The van der Waals surface area contributed by atoms with Crippen LogP contribution in [0.2, 0.25) is 0 Å². The van der Waals surface area contributed by atoms with Crippen LogP contribution < -0.4 is 0 Å². The Morgan fingerprint density at radius 3 is 2.64 bits per heavy atom. The van der Waals surface area contributed by atoms with E-state index < -0.39 is 21.3 Å². The van der Waals surface area contributed by atoms with Crippen molar-refractivity contribution in [2.45, 2.75) is 42.6 Å². The van der Waals surface area contributed by atoms with Crippen LogP contribution in [-0.4, -0.2) is 39.4 Å². The number of hydrogen-bond acceptors (Lipinski definition) is 6. The zero-order valence-corrected chi connectivity index (χ0v) is 13.4. The lowest BCUT2D eigenvalue weighted by atomic mass is 10.1. The molecule has 1 aliphatic rings. The molecular formula is C15H19NO5S. The van der Waals surface area contributed by atoms with Gasteiger partial charge in [-0.15, -0.1) is 0 Å². The van der Waals surface area contributed by atoms with E-state index in [1.54, 1.807) is 24.3 Å². The minimum Gasteiger partial charge on any atom is -0.477 e. The van der Waals surface area contributed by atoms with Crippen LogP contribution in [0.1, 0.15) is 24.8 Å². The SMILES string of the molecule is COC(=O)CCCC1OC=NC1S(=O)(=O)c1ccc(C)cc1. The monoisotopic (exact) mass is 325 g/mol. The number of esters is 1. The maximum Gasteiger partial charge on any atom is 0.305 e. The van der Waals surface area contributed by atoms with Gasteiger partial charge in [-0.25, -0.2) is 13.4 Å². The molecule has 0 bridgehead atoms. The first-order valence-corrected chi connectivity index (χ1v) is 8.54. The summed E-state index contributed by atoms with van der Waals surface area (Å²) in [6, 6.07) is 6.64. The van der Waals surface area contributed by atoms with E-state index in [1.807, 2.05) is 6.92 Å². The maximum atomic E-state index is 12.6. The highest BCUT2D eigenvalue weighted by atomic mass is 32.2. The molecule has 1 aromatic rings. The van der Waals surface area contributed by atoms with Crippen LogP contribution in [0.3, 0.4) is 0 Å². The molecule has 1 aliphatic heterocycles. The number of carbonyl (C=O) groups is 1. The second-order valence-electron chi connectivity index (χ2n) is 5.15. The van der Waals surface area contributed by atoms with Gasteiger partial charge in [0.1, 0.15) is 6.10 Å². The fourth-order valence-electron chi connectivity index (χ4n) is 2.24. The smallest absolute Gasteiger partial charge is 0.305 e. The molecule has 0 aliphatic carbocycles. The van der Waals surface area contributed by atoms with E-state index >= 15 is 0 Å². The lowest BCUT2D eigenvalue weighted by molar-refractivity contribution is -0.140. The highest BCUT2D eigenvalue weighted by molar-refractivity contribution is 7.92. The van der Waals surface area contributed by atoms with Crippen LogP contribution in [-0.2, 0) is 24.1 Å². The summed E-state index contributed by atoms with van der Waals surface area (Å²) in [6.07, 6.45) is 1.74. The van der Waals surface area contributed by atoms with E-state index in [9.17, 15) is 13.2 Å². The van der Waals surface area contributed by atoms with Crippen LogP contribution in [0, 0.1) is 6.92 Å². The van der Waals surface area contributed by atoms with Gasteiger partial charge in [0.2, 0.25) is 9.84 Å². The van der Waals surface area contributed by atoms with Crippen molar-refractivity contribution in [3.63, 3.8) is 0 Å². The van der Waals surface area contributed by atoms with Crippen molar-refractivity contribution in [3.8, 4) is 0 Å². The second kappa shape index (κ2) is 6.91. The molecule has 22 heavy (non-hydrogen) atoms. The van der Waals surface area contributed by atoms with E-state index in [4.69, 9.17) is 4.74 Å². The molecule has 0 saturated carbocycles. The summed E-state index contributed by atoms with van der Waals surface area (Å²) in [4.78, 5) is 15.3. The van der Waals surface area contributed by atoms with Crippen LogP contribution in [0.4, 0.5) is 0 Å². The largest absolute Gasteiger partial charge is 0.477 e. The Morgan fingerprint density at radius 2 is 2.00 bits per heavy atom. The first-order valence-electron chi connectivity index (χ1n) is 6.99. The third kappa shape index (κ3) is 3.65. The summed E-state index contributed by atoms with van der Waals surface area (Å²) in [5.41, 5.74) is 0.986. The van der Waals surface area contributed by atoms with E-state index in [0.29, 0.717) is 12.8 Å². The molecule has 0 spiro atoms. The molecule has 0 saturated heterocycles. The first-order chi connectivity index (χ1) is 10.4. The van der Waals surface area contributed by atoms with E-state index in [-0.39, 0.29) is 17.3 Å². The van der Waals surface area contributed by atoms with E-state index in [2.05, 4.69) is 9.73 Å². The number of methoxy groups -OCH3 is 1. The molecule has 120 valence electrons. The Morgan fingerprint density at radius 1 is 1.32 bits per heavy atom. The zero-order valence-electron chi connectivity index (χ0n) is 12.6. The van der Waals surface area contributed by atoms with Gasteiger partial charge in [0.15, 0.2) is 11.8 Å². The molecular weight excluding hydrogens is 306 g/mol. The predicted molar refractivity (Wildman–Crippen MR) is 81.4 cm³/mol. The average molecular weight is 325 g/mol. The van der Waals surface area contributed by atoms with Crippen molar-refractivity contribution < 1.29 is 22.7 Å². The first kappa shape index (κ1) is 16.5. The van der Waals surface area contributed by atoms with Gasteiger partial charge >= 0.3 is 5.97 Å². The molecule has 0 N–H and O–H groups in total. The van der Waals surface area contributed by atoms with Crippen LogP contribution in [0.15, 0.2) is 34.2 Å². The van der Waals surface area contributed by atoms with Crippen molar-refractivity contribution in [1.82, 2.24) is 0 Å². The van der Waals surface area contributed by atoms with Gasteiger partial charge in [0, 0.05) is 6.42 Å². The molecule has 2 rings (SSSR count). The molecule has 0 amide bonds. The quantitative estimate of drug-likeness (QED) is 0.746. The van der Waals surface area contributed by atoms with Crippen molar-refractivity contribution in [2.24, 2.45) is 4.99 Å². The number of nitrogens with zero attached hydrogens (tertiary/aromatic N) is 1. The number of ether oxygens (including phenoxy) is 2. The Labute approximate surface area is 130 Å². The summed E-state index contributed by atoms with van der Waals surface area (Å²) in [7, 11) is -2.28. The summed E-state index contributed by atoms with van der Waals surface area (Å²) in [5, 5.41) is -0.965. The van der Waals surface area contributed by atoms with Gasteiger partial charge < -0.3 is 9.47 Å². The Kier molecular flexibility index (Phi) is 5.18. The van der Waals surface area contributed by atoms with Crippen molar-refractivity contribution in [2.75, 3.05) is 7.11 Å². The van der Waals surface area contributed by atoms with Crippen LogP contribution >= 0.6 is 0 Å². The topological polar surface area (TPSA) is 82.0 Å². The number of benzene rings is 1. The summed E-state index contributed by atoms with van der Waals surface area (Å²) >= 11 is 0. The third-order valence-corrected chi connectivity index (χ3v) is 5.52. The second-order valence-corrected chi connectivity index (χ2v) is 7.19. The van der Waals surface area contributed by atoms with Gasteiger partial charge in [-0.1, -0.05) is 17.7 Å². The van der Waals surface area contributed by atoms with Crippen molar-refractivity contribution in [1.29, 1.82) is 0 Å².